The largest absolute Gasteiger partial charge is 0.427 e. The van der Waals surface area contributed by atoms with E-state index >= 15 is 0 Å². The smallest absolute Gasteiger partial charge is 0.397 e. The summed E-state index contributed by atoms with van der Waals surface area (Å²) in [5, 5.41) is 0. The second kappa shape index (κ2) is 19.9. The second-order valence-corrected chi connectivity index (χ2v) is 17.4. The number of benzene rings is 6. The molecule has 1 spiro atoms. The maximum absolute atomic E-state index is 6.41. The van der Waals surface area contributed by atoms with Crippen molar-refractivity contribution in [3.05, 3.63) is 202 Å². The summed E-state index contributed by atoms with van der Waals surface area (Å²) in [5.74, 6) is 1.57. The van der Waals surface area contributed by atoms with Crippen LogP contribution in [0.2, 0.25) is 0 Å². The van der Waals surface area contributed by atoms with E-state index in [2.05, 4.69) is 158 Å². The summed E-state index contributed by atoms with van der Waals surface area (Å²) in [5.41, 5.74) is 9.86. The lowest BCUT2D eigenvalue weighted by Gasteiger charge is -2.41. The quantitative estimate of drug-likeness (QED) is 0.0910. The molecule has 0 radical (unpaired) electrons. The van der Waals surface area contributed by atoms with E-state index in [1.807, 2.05) is 0 Å². The molecule has 0 amide bonds. The van der Waals surface area contributed by atoms with Crippen LogP contribution in [-0.4, -0.2) is 26.4 Å². The molecule has 0 aliphatic carbocycles. The molecular formula is C49H50O6P2. The predicted molar refractivity (Wildman–Crippen MR) is 230 cm³/mol. The van der Waals surface area contributed by atoms with Crippen molar-refractivity contribution in [2.24, 2.45) is 5.41 Å². The van der Waals surface area contributed by atoms with Gasteiger partial charge in [-0.05, 0) is 120 Å². The van der Waals surface area contributed by atoms with E-state index in [0.29, 0.717) is 26.4 Å². The molecule has 2 aliphatic rings. The Morgan fingerprint density at radius 1 is 0.333 bits per heavy atom. The van der Waals surface area contributed by atoms with Crippen molar-refractivity contribution in [1.29, 1.82) is 0 Å². The van der Waals surface area contributed by atoms with E-state index in [0.717, 1.165) is 62.9 Å². The van der Waals surface area contributed by atoms with E-state index in [9.17, 15) is 0 Å². The first-order valence-corrected chi connectivity index (χ1v) is 22.2. The highest BCUT2D eigenvalue weighted by atomic mass is 31.2. The molecule has 8 rings (SSSR count). The van der Waals surface area contributed by atoms with Crippen LogP contribution in [-0.2, 0) is 69.5 Å². The third-order valence-corrected chi connectivity index (χ3v) is 12.6. The minimum Gasteiger partial charge on any atom is -0.427 e. The molecule has 0 aromatic heterocycles. The van der Waals surface area contributed by atoms with Gasteiger partial charge in [-0.1, -0.05) is 133 Å². The third kappa shape index (κ3) is 11.8. The summed E-state index contributed by atoms with van der Waals surface area (Å²) in [6.45, 7) is 1.70. The van der Waals surface area contributed by atoms with Crippen molar-refractivity contribution >= 4 is 17.2 Å². The van der Waals surface area contributed by atoms with Crippen LogP contribution in [0.25, 0.3) is 0 Å². The van der Waals surface area contributed by atoms with Gasteiger partial charge in [0.15, 0.2) is 0 Å². The molecule has 0 atom stereocenters. The van der Waals surface area contributed by atoms with Gasteiger partial charge in [0.1, 0.15) is 11.5 Å². The lowest BCUT2D eigenvalue weighted by molar-refractivity contribution is -0.0672. The summed E-state index contributed by atoms with van der Waals surface area (Å²) in [4.78, 5) is 0. The molecule has 2 fully saturated rings. The first kappa shape index (κ1) is 39.4. The van der Waals surface area contributed by atoms with Crippen LogP contribution in [0.4, 0.5) is 0 Å². The monoisotopic (exact) mass is 796 g/mol. The van der Waals surface area contributed by atoms with Crippen LogP contribution in [0.5, 0.6) is 11.5 Å². The molecule has 6 nitrogen and oxygen atoms in total. The van der Waals surface area contributed by atoms with Crippen molar-refractivity contribution in [2.75, 3.05) is 26.4 Å². The Morgan fingerprint density at radius 3 is 0.842 bits per heavy atom. The second-order valence-electron chi connectivity index (χ2n) is 15.1. The standard InChI is InChI=1S/C49H50O6P2/c1-5-13-39(14-6-1)21-25-43-29-44(26-22-40-15-7-2-8-16-40)32-47(31-43)54-56-50-35-49(36-51-56)37-52-57(53-38-49)55-48-33-45(27-23-41-17-9-3-10-18-41)30-46(34-48)28-24-42-19-11-4-12-20-42/h1-20,29-34H,21-28,35-38H2. The molecule has 2 heterocycles. The molecule has 2 aliphatic heterocycles. The fourth-order valence-electron chi connectivity index (χ4n) is 7.23. The van der Waals surface area contributed by atoms with Gasteiger partial charge < -0.3 is 27.1 Å². The van der Waals surface area contributed by atoms with Gasteiger partial charge in [-0.2, -0.15) is 0 Å². The summed E-state index contributed by atoms with van der Waals surface area (Å²) < 4.78 is 37.8. The summed E-state index contributed by atoms with van der Waals surface area (Å²) in [6, 6.07) is 55.7. The van der Waals surface area contributed by atoms with Crippen LogP contribution in [0, 0.1) is 5.41 Å². The van der Waals surface area contributed by atoms with Gasteiger partial charge in [0.05, 0.1) is 31.8 Å². The summed E-state index contributed by atoms with van der Waals surface area (Å²) in [7, 11) is -3.13. The van der Waals surface area contributed by atoms with Gasteiger partial charge in [-0.15, -0.1) is 0 Å². The van der Waals surface area contributed by atoms with E-state index in [1.165, 1.54) is 44.5 Å². The molecule has 57 heavy (non-hydrogen) atoms. The van der Waals surface area contributed by atoms with Crippen molar-refractivity contribution in [2.45, 2.75) is 51.4 Å². The van der Waals surface area contributed by atoms with Gasteiger partial charge in [-0.3, -0.25) is 0 Å². The molecule has 8 heteroatoms. The number of aryl methyl sites for hydroxylation is 8. The van der Waals surface area contributed by atoms with Crippen LogP contribution in [0.15, 0.2) is 158 Å². The first-order chi connectivity index (χ1) is 28.1. The predicted octanol–water partition coefficient (Wildman–Crippen LogP) is 11.8. The first-order valence-electron chi connectivity index (χ1n) is 20.0. The summed E-state index contributed by atoms with van der Waals surface area (Å²) >= 11 is 0. The maximum Gasteiger partial charge on any atom is 0.397 e. The fraction of sp³-hybridized carbons (Fsp3) is 0.265. The van der Waals surface area contributed by atoms with Crippen molar-refractivity contribution < 1.29 is 27.1 Å². The van der Waals surface area contributed by atoms with Crippen molar-refractivity contribution in [1.82, 2.24) is 0 Å². The van der Waals surface area contributed by atoms with E-state index < -0.39 is 22.6 Å². The Balaban J connectivity index is 0.864. The van der Waals surface area contributed by atoms with Crippen molar-refractivity contribution in [3.63, 3.8) is 0 Å². The van der Waals surface area contributed by atoms with E-state index in [-0.39, 0.29) is 0 Å². The molecule has 0 N–H and O–H groups in total. The number of rotatable bonds is 16. The number of hydrogen-bond donors (Lipinski definition) is 0. The zero-order valence-corrected chi connectivity index (χ0v) is 34.1. The molecule has 0 unspecified atom stereocenters. The average molecular weight is 797 g/mol. The van der Waals surface area contributed by atoms with E-state index in [1.54, 1.807) is 0 Å². The maximum atomic E-state index is 6.41. The Morgan fingerprint density at radius 2 is 0.579 bits per heavy atom. The zero-order valence-electron chi connectivity index (χ0n) is 32.3. The number of hydrogen-bond acceptors (Lipinski definition) is 6. The normalized spacial score (nSPS) is 19.3. The van der Waals surface area contributed by atoms with Gasteiger partial charge in [0.2, 0.25) is 0 Å². The van der Waals surface area contributed by atoms with E-state index in [4.69, 9.17) is 27.1 Å². The van der Waals surface area contributed by atoms with Crippen LogP contribution in [0.1, 0.15) is 44.5 Å². The van der Waals surface area contributed by atoms with Gasteiger partial charge in [-0.25, -0.2) is 0 Å². The van der Waals surface area contributed by atoms with Crippen LogP contribution < -0.4 is 9.05 Å². The lowest BCUT2D eigenvalue weighted by Crippen LogP contribution is -2.45. The van der Waals surface area contributed by atoms with Gasteiger partial charge in [0.25, 0.3) is 0 Å². The molecule has 2 saturated heterocycles. The van der Waals surface area contributed by atoms with Crippen LogP contribution in [0.3, 0.4) is 0 Å². The van der Waals surface area contributed by atoms with Crippen molar-refractivity contribution in [3.8, 4) is 11.5 Å². The minimum atomic E-state index is -1.57. The summed E-state index contributed by atoms with van der Waals surface area (Å²) in [6.07, 6.45) is 7.57. The SMILES string of the molecule is c1ccc(CCc2cc(CCc3ccccc3)cc(OP3OCC4(CO3)COP(Oc3cc(CCc5ccccc5)cc(CCc5ccccc5)c3)OC4)c2)cc1. The fourth-order valence-corrected chi connectivity index (χ4v) is 9.67. The highest BCUT2D eigenvalue weighted by Gasteiger charge is 2.45. The molecular weight excluding hydrogens is 746 g/mol. The Kier molecular flexibility index (Phi) is 13.7. The molecule has 292 valence electrons. The molecule has 0 bridgehead atoms. The average Bonchev–Trinajstić information content (AvgIpc) is 3.27. The molecule has 6 aromatic rings. The third-order valence-electron chi connectivity index (χ3n) is 10.5. The Bertz CT molecular complexity index is 1840. The topological polar surface area (TPSA) is 55.4 Å². The highest BCUT2D eigenvalue weighted by Crippen LogP contribution is 2.53. The van der Waals surface area contributed by atoms with Gasteiger partial charge >= 0.3 is 17.2 Å². The Hall–Kier alpha value is -4.38. The zero-order chi connectivity index (χ0) is 38.5. The molecule has 6 aromatic carbocycles. The molecule has 0 saturated carbocycles. The van der Waals surface area contributed by atoms with Gasteiger partial charge in [0, 0.05) is 0 Å². The van der Waals surface area contributed by atoms with Crippen LogP contribution >= 0.6 is 17.2 Å². The minimum absolute atomic E-state index is 0.416. The lowest BCUT2D eigenvalue weighted by atomic mass is 9.93. The highest BCUT2D eigenvalue weighted by molar-refractivity contribution is 7.42. The Labute approximate surface area is 340 Å².